The summed E-state index contributed by atoms with van der Waals surface area (Å²) in [6, 6.07) is 6.91. The number of ether oxygens (including phenoxy) is 1. The Hall–Kier alpha value is -0.900. The molecular formula is C16H28N2O. The normalized spacial score (nSPS) is 13.6. The van der Waals surface area contributed by atoms with E-state index in [9.17, 15) is 0 Å². The molecule has 3 nitrogen and oxygen atoms in total. The molecule has 0 fully saturated rings. The molecule has 0 spiro atoms. The van der Waals surface area contributed by atoms with Gasteiger partial charge in [-0.05, 0) is 63.6 Å². The van der Waals surface area contributed by atoms with Gasteiger partial charge in [-0.25, -0.2) is 0 Å². The number of aryl methyl sites for hydroxylation is 2. The van der Waals surface area contributed by atoms with Gasteiger partial charge in [0.2, 0.25) is 0 Å². The van der Waals surface area contributed by atoms with Gasteiger partial charge in [-0.15, -0.1) is 0 Å². The number of nitrogens with one attached hydrogen (secondary N) is 1. The van der Waals surface area contributed by atoms with E-state index in [-0.39, 0.29) is 11.6 Å². The van der Waals surface area contributed by atoms with E-state index in [1.54, 1.807) is 7.11 Å². The number of hydrogen-bond acceptors (Lipinski definition) is 3. The van der Waals surface area contributed by atoms with Gasteiger partial charge in [0, 0.05) is 13.2 Å². The molecule has 0 bridgehead atoms. The average Bonchev–Trinajstić information content (AvgIpc) is 2.38. The van der Waals surface area contributed by atoms with Gasteiger partial charge >= 0.3 is 0 Å². The molecule has 0 aliphatic heterocycles. The van der Waals surface area contributed by atoms with Crippen molar-refractivity contribution in [1.29, 1.82) is 0 Å². The highest BCUT2D eigenvalue weighted by molar-refractivity contribution is 5.30. The Morgan fingerprint density at radius 3 is 2.47 bits per heavy atom. The zero-order valence-electron chi connectivity index (χ0n) is 12.9. The van der Waals surface area contributed by atoms with Crippen LogP contribution in [0.5, 0.6) is 0 Å². The Morgan fingerprint density at radius 1 is 1.26 bits per heavy atom. The molecule has 108 valence electrons. The number of benzene rings is 1. The predicted molar refractivity (Wildman–Crippen MR) is 81.1 cm³/mol. The van der Waals surface area contributed by atoms with Crippen LogP contribution in [-0.2, 0) is 11.2 Å². The lowest BCUT2D eigenvalue weighted by atomic mass is 9.94. The monoisotopic (exact) mass is 264 g/mol. The smallest absolute Gasteiger partial charge is 0.0623 e. The Labute approximate surface area is 117 Å². The standard InChI is InChI=1S/C16H28N2O/c1-12-6-7-14(10-13(12)2)11-15(18-17)8-9-16(3,4)19-5/h6-7,10,15,18H,8-9,11,17H2,1-5H3. The van der Waals surface area contributed by atoms with Crippen molar-refractivity contribution in [2.45, 2.75) is 58.6 Å². The van der Waals surface area contributed by atoms with Crippen molar-refractivity contribution in [3.63, 3.8) is 0 Å². The maximum Gasteiger partial charge on any atom is 0.0623 e. The third kappa shape index (κ3) is 5.31. The van der Waals surface area contributed by atoms with E-state index in [4.69, 9.17) is 10.6 Å². The molecule has 1 rings (SSSR count). The first-order valence-electron chi connectivity index (χ1n) is 6.95. The lowest BCUT2D eigenvalue weighted by Crippen LogP contribution is -2.38. The number of nitrogens with two attached hydrogens (primary N) is 1. The van der Waals surface area contributed by atoms with Gasteiger partial charge in [-0.1, -0.05) is 18.2 Å². The highest BCUT2D eigenvalue weighted by atomic mass is 16.5. The van der Waals surface area contributed by atoms with Crippen molar-refractivity contribution in [3.8, 4) is 0 Å². The van der Waals surface area contributed by atoms with Crippen molar-refractivity contribution in [3.05, 3.63) is 34.9 Å². The van der Waals surface area contributed by atoms with E-state index in [1.807, 2.05) is 0 Å². The summed E-state index contributed by atoms with van der Waals surface area (Å²) >= 11 is 0. The fourth-order valence-corrected chi connectivity index (χ4v) is 2.08. The van der Waals surface area contributed by atoms with Crippen LogP contribution in [0.3, 0.4) is 0 Å². The Kier molecular flexibility index (Phi) is 5.98. The summed E-state index contributed by atoms with van der Waals surface area (Å²) in [5.41, 5.74) is 6.85. The van der Waals surface area contributed by atoms with Crippen LogP contribution in [0.1, 0.15) is 43.4 Å². The Morgan fingerprint density at radius 2 is 1.95 bits per heavy atom. The van der Waals surface area contributed by atoms with Crippen LogP contribution >= 0.6 is 0 Å². The summed E-state index contributed by atoms with van der Waals surface area (Å²) in [6.45, 7) is 8.50. The summed E-state index contributed by atoms with van der Waals surface area (Å²) in [7, 11) is 1.76. The van der Waals surface area contributed by atoms with Crippen LogP contribution in [0, 0.1) is 13.8 Å². The molecule has 3 heteroatoms. The quantitative estimate of drug-likeness (QED) is 0.588. The van der Waals surface area contributed by atoms with Gasteiger partial charge in [0.05, 0.1) is 5.60 Å². The predicted octanol–water partition coefficient (Wildman–Crippen LogP) is 2.88. The fourth-order valence-electron chi connectivity index (χ4n) is 2.08. The highest BCUT2D eigenvalue weighted by Crippen LogP contribution is 2.19. The van der Waals surface area contributed by atoms with Gasteiger partial charge < -0.3 is 4.74 Å². The van der Waals surface area contributed by atoms with Gasteiger partial charge in [-0.3, -0.25) is 11.3 Å². The van der Waals surface area contributed by atoms with Crippen LogP contribution in [-0.4, -0.2) is 18.8 Å². The maximum atomic E-state index is 5.67. The summed E-state index contributed by atoms with van der Waals surface area (Å²) in [5, 5.41) is 0. The SMILES string of the molecule is COC(C)(C)CCC(Cc1ccc(C)c(C)c1)NN. The lowest BCUT2D eigenvalue weighted by molar-refractivity contribution is 0.0117. The molecule has 0 heterocycles. The first-order chi connectivity index (χ1) is 8.88. The molecule has 1 aromatic carbocycles. The van der Waals surface area contributed by atoms with Gasteiger partial charge in [0.15, 0.2) is 0 Å². The van der Waals surface area contributed by atoms with E-state index in [1.165, 1.54) is 16.7 Å². The minimum Gasteiger partial charge on any atom is -0.379 e. The summed E-state index contributed by atoms with van der Waals surface area (Å²) in [6.07, 6.45) is 2.95. The maximum absolute atomic E-state index is 5.67. The molecule has 1 atom stereocenters. The topological polar surface area (TPSA) is 47.3 Å². The second-order valence-corrected chi connectivity index (χ2v) is 5.99. The molecule has 0 aliphatic rings. The molecule has 0 saturated carbocycles. The molecular weight excluding hydrogens is 236 g/mol. The summed E-state index contributed by atoms with van der Waals surface area (Å²) in [5.74, 6) is 5.67. The van der Waals surface area contributed by atoms with E-state index in [0.717, 1.165) is 19.3 Å². The molecule has 1 aromatic rings. The third-order valence-electron chi connectivity index (χ3n) is 3.94. The average molecular weight is 264 g/mol. The minimum absolute atomic E-state index is 0.0850. The van der Waals surface area contributed by atoms with Crippen LogP contribution in [0.2, 0.25) is 0 Å². The molecule has 1 unspecified atom stereocenters. The number of hydrogen-bond donors (Lipinski definition) is 2. The number of rotatable bonds is 7. The summed E-state index contributed by atoms with van der Waals surface area (Å²) < 4.78 is 5.45. The van der Waals surface area contributed by atoms with Crippen LogP contribution in [0.15, 0.2) is 18.2 Å². The lowest BCUT2D eigenvalue weighted by Gasteiger charge is -2.25. The van der Waals surface area contributed by atoms with E-state index < -0.39 is 0 Å². The van der Waals surface area contributed by atoms with Gasteiger partial charge in [-0.2, -0.15) is 0 Å². The molecule has 0 aliphatic carbocycles. The number of methoxy groups -OCH3 is 1. The molecule has 0 aromatic heterocycles. The highest BCUT2D eigenvalue weighted by Gasteiger charge is 2.19. The molecule has 0 saturated heterocycles. The first kappa shape index (κ1) is 16.2. The minimum atomic E-state index is -0.0850. The van der Waals surface area contributed by atoms with E-state index in [0.29, 0.717) is 0 Å². The Bertz CT molecular complexity index is 402. The third-order valence-corrected chi connectivity index (χ3v) is 3.94. The molecule has 19 heavy (non-hydrogen) atoms. The van der Waals surface area contributed by atoms with Crippen molar-refractivity contribution in [2.24, 2.45) is 5.84 Å². The zero-order valence-corrected chi connectivity index (χ0v) is 12.9. The van der Waals surface area contributed by atoms with Gasteiger partial charge in [0.25, 0.3) is 0 Å². The zero-order chi connectivity index (χ0) is 14.5. The summed E-state index contributed by atoms with van der Waals surface area (Å²) in [4.78, 5) is 0. The van der Waals surface area contributed by atoms with Crippen molar-refractivity contribution in [2.75, 3.05) is 7.11 Å². The first-order valence-corrected chi connectivity index (χ1v) is 6.95. The van der Waals surface area contributed by atoms with Crippen molar-refractivity contribution in [1.82, 2.24) is 5.43 Å². The molecule has 0 amide bonds. The second-order valence-electron chi connectivity index (χ2n) is 5.99. The van der Waals surface area contributed by atoms with E-state index >= 15 is 0 Å². The number of hydrazine groups is 1. The largest absolute Gasteiger partial charge is 0.379 e. The van der Waals surface area contributed by atoms with Gasteiger partial charge in [0.1, 0.15) is 0 Å². The van der Waals surface area contributed by atoms with Crippen LogP contribution in [0.25, 0.3) is 0 Å². The molecule has 3 N–H and O–H groups in total. The fraction of sp³-hybridized carbons (Fsp3) is 0.625. The van der Waals surface area contributed by atoms with Crippen LogP contribution in [0.4, 0.5) is 0 Å². The van der Waals surface area contributed by atoms with Crippen molar-refractivity contribution < 1.29 is 4.74 Å². The van der Waals surface area contributed by atoms with E-state index in [2.05, 4.69) is 51.3 Å². The van der Waals surface area contributed by atoms with Crippen LogP contribution < -0.4 is 11.3 Å². The van der Waals surface area contributed by atoms with Crippen molar-refractivity contribution >= 4 is 0 Å². The second kappa shape index (κ2) is 7.04. The molecule has 0 radical (unpaired) electrons. The Balaban J connectivity index is 2.59.